The van der Waals surface area contributed by atoms with Crippen LogP contribution in [0, 0.1) is 0 Å². The predicted molar refractivity (Wildman–Crippen MR) is 49.4 cm³/mol. The summed E-state index contributed by atoms with van der Waals surface area (Å²) in [6.07, 6.45) is 3.14. The van der Waals surface area contributed by atoms with E-state index in [2.05, 4.69) is 6.92 Å². The van der Waals surface area contributed by atoms with Crippen LogP contribution in [0.2, 0.25) is 0 Å². The third-order valence-corrected chi connectivity index (χ3v) is 2.51. The monoisotopic (exact) mass is 186 g/mol. The Morgan fingerprint density at radius 2 is 2.15 bits per heavy atom. The number of carbonyl (C=O) groups is 1. The summed E-state index contributed by atoms with van der Waals surface area (Å²) in [5, 5.41) is 0. The summed E-state index contributed by atoms with van der Waals surface area (Å²) in [4.78, 5) is 10.3. The number of hydrogen-bond donors (Lipinski definition) is 0. The molecule has 1 fully saturated rings. The van der Waals surface area contributed by atoms with E-state index in [9.17, 15) is 4.79 Å². The Labute approximate surface area is 79.4 Å². The van der Waals surface area contributed by atoms with Gasteiger partial charge in [0.15, 0.2) is 5.79 Å². The molecule has 13 heavy (non-hydrogen) atoms. The Kier molecular flexibility index (Phi) is 3.09. The lowest BCUT2D eigenvalue weighted by molar-refractivity contribution is -0.163. The molecule has 0 saturated carbocycles. The second-order valence-electron chi connectivity index (χ2n) is 4.03. The number of ether oxygens (including phenoxy) is 2. The first-order valence-corrected chi connectivity index (χ1v) is 4.81. The molecule has 1 aliphatic heterocycles. The van der Waals surface area contributed by atoms with Gasteiger partial charge in [0.25, 0.3) is 0 Å². The highest BCUT2D eigenvalue weighted by Gasteiger charge is 2.43. The van der Waals surface area contributed by atoms with Crippen molar-refractivity contribution in [3.05, 3.63) is 0 Å². The lowest BCUT2D eigenvalue weighted by Gasteiger charge is -2.27. The largest absolute Gasteiger partial charge is 0.348 e. The third-order valence-electron chi connectivity index (χ3n) is 2.51. The van der Waals surface area contributed by atoms with Gasteiger partial charge in [-0.15, -0.1) is 0 Å². The molecule has 0 aliphatic carbocycles. The second kappa shape index (κ2) is 3.76. The second-order valence-corrected chi connectivity index (χ2v) is 4.03. The van der Waals surface area contributed by atoms with Crippen LogP contribution >= 0.6 is 0 Å². The van der Waals surface area contributed by atoms with E-state index in [1.807, 2.05) is 13.8 Å². The van der Waals surface area contributed by atoms with Crippen LogP contribution in [0.15, 0.2) is 0 Å². The van der Waals surface area contributed by atoms with Crippen molar-refractivity contribution in [3.63, 3.8) is 0 Å². The maximum Gasteiger partial charge on any atom is 0.163 e. The van der Waals surface area contributed by atoms with E-state index >= 15 is 0 Å². The zero-order valence-corrected chi connectivity index (χ0v) is 8.63. The molecule has 1 aliphatic rings. The Balaban J connectivity index is 2.57. The summed E-state index contributed by atoms with van der Waals surface area (Å²) < 4.78 is 11.3. The minimum absolute atomic E-state index is 0.232. The van der Waals surface area contributed by atoms with Gasteiger partial charge in [-0.05, 0) is 26.7 Å². The smallest absolute Gasteiger partial charge is 0.163 e. The van der Waals surface area contributed by atoms with Gasteiger partial charge in [0.2, 0.25) is 0 Å². The molecule has 0 amide bonds. The Hall–Kier alpha value is -0.410. The van der Waals surface area contributed by atoms with Gasteiger partial charge in [0.05, 0.1) is 12.2 Å². The fraction of sp³-hybridized carbons (Fsp3) is 0.900. The summed E-state index contributed by atoms with van der Waals surface area (Å²) in [7, 11) is 0. The van der Waals surface area contributed by atoms with Crippen LogP contribution in [0.3, 0.4) is 0 Å². The lowest BCUT2D eigenvalue weighted by Crippen LogP contribution is -2.33. The van der Waals surface area contributed by atoms with Gasteiger partial charge in [0, 0.05) is 6.42 Å². The van der Waals surface area contributed by atoms with Crippen molar-refractivity contribution in [2.75, 3.05) is 6.61 Å². The first kappa shape index (κ1) is 10.7. The van der Waals surface area contributed by atoms with E-state index in [4.69, 9.17) is 9.47 Å². The number of hydrogen-bond acceptors (Lipinski definition) is 3. The Bertz CT molecular complexity index is 189. The van der Waals surface area contributed by atoms with E-state index in [1.165, 1.54) is 0 Å². The summed E-state index contributed by atoms with van der Waals surface area (Å²) in [5.41, 5.74) is -0.232. The topological polar surface area (TPSA) is 35.5 Å². The summed E-state index contributed by atoms with van der Waals surface area (Å²) >= 11 is 0. The minimum Gasteiger partial charge on any atom is -0.348 e. The van der Waals surface area contributed by atoms with Crippen LogP contribution in [-0.2, 0) is 14.3 Å². The van der Waals surface area contributed by atoms with Crippen LogP contribution in [0.4, 0.5) is 0 Å². The molecule has 0 bridgehead atoms. The molecule has 0 N–H and O–H groups in total. The lowest BCUT2D eigenvalue weighted by atomic mass is 9.96. The van der Waals surface area contributed by atoms with Gasteiger partial charge in [-0.3, -0.25) is 0 Å². The molecule has 0 spiro atoms. The van der Waals surface area contributed by atoms with Crippen molar-refractivity contribution in [2.45, 2.75) is 51.4 Å². The maximum absolute atomic E-state index is 10.3. The van der Waals surface area contributed by atoms with Crippen LogP contribution in [0.5, 0.6) is 0 Å². The van der Waals surface area contributed by atoms with Crippen molar-refractivity contribution < 1.29 is 14.3 Å². The Morgan fingerprint density at radius 3 is 2.54 bits per heavy atom. The van der Waals surface area contributed by atoms with Gasteiger partial charge in [-0.25, -0.2) is 0 Å². The van der Waals surface area contributed by atoms with Gasteiger partial charge < -0.3 is 14.3 Å². The third kappa shape index (κ3) is 2.51. The molecule has 1 heterocycles. The highest BCUT2D eigenvalue weighted by Crippen LogP contribution is 2.36. The van der Waals surface area contributed by atoms with Crippen molar-refractivity contribution in [1.29, 1.82) is 0 Å². The first-order valence-electron chi connectivity index (χ1n) is 4.81. The zero-order valence-electron chi connectivity index (χ0n) is 8.63. The van der Waals surface area contributed by atoms with Crippen molar-refractivity contribution in [1.82, 2.24) is 0 Å². The molecule has 3 heteroatoms. The SMILES string of the molecule is CC[C@@]1(CCC=O)COC(C)(C)O1. The number of rotatable bonds is 4. The van der Waals surface area contributed by atoms with Crippen molar-refractivity contribution >= 4 is 6.29 Å². The minimum atomic E-state index is -0.487. The first-order chi connectivity index (χ1) is 6.04. The summed E-state index contributed by atoms with van der Waals surface area (Å²) in [6.45, 7) is 6.48. The summed E-state index contributed by atoms with van der Waals surface area (Å²) in [5.74, 6) is -0.487. The molecule has 1 rings (SSSR count). The molecule has 1 atom stereocenters. The number of carbonyl (C=O) groups excluding carboxylic acids is 1. The van der Waals surface area contributed by atoms with Crippen LogP contribution < -0.4 is 0 Å². The van der Waals surface area contributed by atoms with Crippen LogP contribution in [-0.4, -0.2) is 24.3 Å². The fourth-order valence-electron chi connectivity index (χ4n) is 1.68. The van der Waals surface area contributed by atoms with Gasteiger partial charge in [0.1, 0.15) is 6.29 Å². The van der Waals surface area contributed by atoms with Gasteiger partial charge in [-0.2, -0.15) is 0 Å². The van der Waals surface area contributed by atoms with E-state index in [0.717, 1.165) is 19.1 Å². The fourth-order valence-corrected chi connectivity index (χ4v) is 1.68. The van der Waals surface area contributed by atoms with E-state index in [0.29, 0.717) is 13.0 Å². The molecule has 1 saturated heterocycles. The van der Waals surface area contributed by atoms with Crippen molar-refractivity contribution in [2.24, 2.45) is 0 Å². The zero-order chi connectivity index (χ0) is 9.95. The van der Waals surface area contributed by atoms with E-state index < -0.39 is 5.79 Å². The van der Waals surface area contributed by atoms with Gasteiger partial charge in [-0.1, -0.05) is 6.92 Å². The molecule has 0 aromatic heterocycles. The quantitative estimate of drug-likeness (QED) is 0.629. The van der Waals surface area contributed by atoms with E-state index in [-0.39, 0.29) is 5.60 Å². The molecule has 0 aromatic carbocycles. The average molecular weight is 186 g/mol. The highest BCUT2D eigenvalue weighted by molar-refractivity contribution is 5.49. The molecular formula is C10H18O3. The van der Waals surface area contributed by atoms with Crippen LogP contribution in [0.25, 0.3) is 0 Å². The standard InChI is InChI=1S/C10H18O3/c1-4-10(6-5-7-11)8-12-9(2,3)13-10/h7H,4-6,8H2,1-3H3/t10-/m1/s1. The predicted octanol–water partition coefficient (Wildman–Crippen LogP) is 1.90. The average Bonchev–Trinajstić information content (AvgIpc) is 2.40. The molecule has 3 nitrogen and oxygen atoms in total. The maximum atomic E-state index is 10.3. The van der Waals surface area contributed by atoms with Gasteiger partial charge >= 0.3 is 0 Å². The molecule has 0 unspecified atom stereocenters. The molecule has 76 valence electrons. The van der Waals surface area contributed by atoms with Crippen LogP contribution in [0.1, 0.15) is 40.0 Å². The van der Waals surface area contributed by atoms with Crippen molar-refractivity contribution in [3.8, 4) is 0 Å². The molecular weight excluding hydrogens is 168 g/mol. The normalized spacial score (nSPS) is 31.9. The summed E-state index contributed by atoms with van der Waals surface area (Å²) in [6, 6.07) is 0. The molecule has 0 radical (unpaired) electrons. The highest BCUT2D eigenvalue weighted by atomic mass is 16.8. The number of aldehydes is 1. The Morgan fingerprint density at radius 1 is 1.46 bits per heavy atom. The van der Waals surface area contributed by atoms with E-state index in [1.54, 1.807) is 0 Å². The molecule has 0 aromatic rings.